The van der Waals surface area contributed by atoms with Crippen molar-refractivity contribution < 1.29 is 4.42 Å². The molecule has 0 saturated carbocycles. The van der Waals surface area contributed by atoms with E-state index < -0.39 is 0 Å². The quantitative estimate of drug-likeness (QED) is 0.775. The van der Waals surface area contributed by atoms with Gasteiger partial charge in [-0.1, -0.05) is 18.2 Å². The summed E-state index contributed by atoms with van der Waals surface area (Å²) in [5.41, 5.74) is 3.03. The highest BCUT2D eigenvalue weighted by molar-refractivity contribution is 6.30. The highest BCUT2D eigenvalue weighted by atomic mass is 35.5. The Morgan fingerprint density at radius 1 is 1.20 bits per heavy atom. The molecule has 3 aromatic rings. The molecule has 1 atom stereocenters. The maximum Gasteiger partial charge on any atom is 0.199 e. The van der Waals surface area contributed by atoms with Crippen molar-refractivity contribution in [3.8, 4) is 0 Å². The van der Waals surface area contributed by atoms with Gasteiger partial charge in [0.1, 0.15) is 5.58 Å². The lowest BCUT2D eigenvalue weighted by molar-refractivity contribution is 0.563. The Hall–Kier alpha value is -1.84. The van der Waals surface area contributed by atoms with Crippen molar-refractivity contribution in [1.82, 2.24) is 10.3 Å². The molecule has 1 aromatic carbocycles. The summed E-state index contributed by atoms with van der Waals surface area (Å²) in [6, 6.07) is 12.1. The molecule has 1 N–H and O–H groups in total. The summed E-state index contributed by atoms with van der Waals surface area (Å²) < 4.78 is 5.55. The van der Waals surface area contributed by atoms with Crippen molar-refractivity contribution >= 4 is 22.6 Å². The van der Waals surface area contributed by atoms with Gasteiger partial charge in [-0.15, -0.1) is 0 Å². The SMILES string of the molecule is C[C@@H](NCc1c(Cl)oc2ccccc12)c1ccncc1. The first-order chi connectivity index (χ1) is 9.75. The van der Waals surface area contributed by atoms with E-state index >= 15 is 0 Å². The molecule has 102 valence electrons. The number of nitrogens with zero attached hydrogens (tertiary/aromatic N) is 1. The number of hydrogen-bond acceptors (Lipinski definition) is 3. The Kier molecular flexibility index (Phi) is 3.72. The van der Waals surface area contributed by atoms with Crippen LogP contribution in [0.15, 0.2) is 53.2 Å². The highest BCUT2D eigenvalue weighted by Crippen LogP contribution is 2.29. The minimum Gasteiger partial charge on any atom is -0.444 e. The Morgan fingerprint density at radius 3 is 2.75 bits per heavy atom. The average Bonchev–Trinajstić information content (AvgIpc) is 2.81. The first kappa shape index (κ1) is 13.2. The van der Waals surface area contributed by atoms with Crippen LogP contribution in [-0.4, -0.2) is 4.98 Å². The van der Waals surface area contributed by atoms with Gasteiger partial charge in [0.05, 0.1) is 0 Å². The van der Waals surface area contributed by atoms with Crippen molar-refractivity contribution in [2.75, 3.05) is 0 Å². The number of halogens is 1. The molecular formula is C16H15ClN2O. The normalized spacial score (nSPS) is 12.7. The molecule has 0 amide bonds. The predicted molar refractivity (Wildman–Crippen MR) is 80.7 cm³/mol. The third-order valence-corrected chi connectivity index (χ3v) is 3.75. The van der Waals surface area contributed by atoms with Crippen LogP contribution in [0.5, 0.6) is 0 Å². The Morgan fingerprint density at radius 2 is 1.95 bits per heavy atom. The molecule has 0 aliphatic carbocycles. The number of furan rings is 1. The smallest absolute Gasteiger partial charge is 0.199 e. The molecule has 4 heteroatoms. The van der Waals surface area contributed by atoms with Crippen molar-refractivity contribution in [3.05, 3.63) is 65.1 Å². The van der Waals surface area contributed by atoms with Crippen LogP contribution in [0.25, 0.3) is 11.0 Å². The number of rotatable bonds is 4. The first-order valence-electron chi connectivity index (χ1n) is 6.55. The number of nitrogens with one attached hydrogen (secondary N) is 1. The molecule has 0 saturated heterocycles. The molecule has 0 aliphatic heterocycles. The van der Waals surface area contributed by atoms with Gasteiger partial charge in [0.2, 0.25) is 0 Å². The number of fused-ring (bicyclic) bond motifs is 1. The van der Waals surface area contributed by atoms with Crippen LogP contribution in [0.4, 0.5) is 0 Å². The van der Waals surface area contributed by atoms with Gasteiger partial charge in [-0.05, 0) is 42.3 Å². The molecule has 20 heavy (non-hydrogen) atoms. The summed E-state index contributed by atoms with van der Waals surface area (Å²) in [4.78, 5) is 4.03. The zero-order valence-electron chi connectivity index (χ0n) is 11.1. The lowest BCUT2D eigenvalue weighted by atomic mass is 10.1. The summed E-state index contributed by atoms with van der Waals surface area (Å²) in [6.45, 7) is 2.78. The summed E-state index contributed by atoms with van der Waals surface area (Å²) in [6.07, 6.45) is 3.60. The monoisotopic (exact) mass is 286 g/mol. The molecule has 0 radical (unpaired) electrons. The topological polar surface area (TPSA) is 38.1 Å². The van der Waals surface area contributed by atoms with E-state index in [9.17, 15) is 0 Å². The molecule has 0 fully saturated rings. The van der Waals surface area contributed by atoms with Gasteiger partial charge in [-0.2, -0.15) is 0 Å². The van der Waals surface area contributed by atoms with Crippen molar-refractivity contribution in [3.63, 3.8) is 0 Å². The van der Waals surface area contributed by atoms with Crippen LogP contribution in [0.2, 0.25) is 5.22 Å². The lowest BCUT2D eigenvalue weighted by Crippen LogP contribution is -2.18. The van der Waals surface area contributed by atoms with Gasteiger partial charge in [0.15, 0.2) is 5.22 Å². The number of hydrogen-bond donors (Lipinski definition) is 1. The van der Waals surface area contributed by atoms with E-state index in [1.165, 1.54) is 5.56 Å². The number of aromatic nitrogens is 1. The Bertz CT molecular complexity index is 709. The Balaban J connectivity index is 1.79. The van der Waals surface area contributed by atoms with Gasteiger partial charge >= 0.3 is 0 Å². The van der Waals surface area contributed by atoms with Crippen LogP contribution < -0.4 is 5.32 Å². The van der Waals surface area contributed by atoms with Gasteiger partial charge in [0.25, 0.3) is 0 Å². The van der Waals surface area contributed by atoms with Gasteiger partial charge in [-0.3, -0.25) is 4.98 Å². The van der Waals surface area contributed by atoms with Crippen LogP contribution in [0, 0.1) is 0 Å². The highest BCUT2D eigenvalue weighted by Gasteiger charge is 2.13. The molecule has 0 aliphatic rings. The summed E-state index contributed by atoms with van der Waals surface area (Å²) in [5, 5.41) is 4.98. The molecular weight excluding hydrogens is 272 g/mol. The first-order valence-corrected chi connectivity index (χ1v) is 6.92. The van der Waals surface area contributed by atoms with E-state index in [4.69, 9.17) is 16.0 Å². The summed E-state index contributed by atoms with van der Waals surface area (Å²) in [7, 11) is 0. The van der Waals surface area contributed by atoms with Gasteiger partial charge in [-0.25, -0.2) is 0 Å². The fraction of sp³-hybridized carbons (Fsp3) is 0.188. The largest absolute Gasteiger partial charge is 0.444 e. The second kappa shape index (κ2) is 5.65. The fourth-order valence-electron chi connectivity index (χ4n) is 2.26. The van der Waals surface area contributed by atoms with Gasteiger partial charge < -0.3 is 9.73 Å². The summed E-state index contributed by atoms with van der Waals surface area (Å²) >= 11 is 6.18. The maximum absolute atomic E-state index is 6.18. The zero-order valence-corrected chi connectivity index (χ0v) is 11.9. The van der Waals surface area contributed by atoms with Crippen LogP contribution in [0.1, 0.15) is 24.1 Å². The fourth-order valence-corrected chi connectivity index (χ4v) is 2.51. The van der Waals surface area contributed by atoms with E-state index in [2.05, 4.69) is 17.2 Å². The number of para-hydroxylation sites is 1. The summed E-state index contributed by atoms with van der Waals surface area (Å²) in [5.74, 6) is 0. The third-order valence-electron chi connectivity index (χ3n) is 3.44. The molecule has 0 bridgehead atoms. The zero-order chi connectivity index (χ0) is 13.9. The van der Waals surface area contributed by atoms with Gasteiger partial charge in [0, 0.05) is 35.9 Å². The molecule has 2 aromatic heterocycles. The van der Waals surface area contributed by atoms with Crippen LogP contribution in [0.3, 0.4) is 0 Å². The standard InChI is InChI=1S/C16H15ClN2O/c1-11(12-6-8-18-9-7-12)19-10-14-13-4-2-3-5-15(13)20-16(14)17/h2-9,11,19H,10H2,1H3/t11-/m1/s1. The van der Waals surface area contributed by atoms with E-state index in [0.29, 0.717) is 11.8 Å². The molecule has 2 heterocycles. The van der Waals surface area contributed by atoms with E-state index in [-0.39, 0.29) is 6.04 Å². The van der Waals surface area contributed by atoms with Crippen molar-refractivity contribution in [2.24, 2.45) is 0 Å². The van der Waals surface area contributed by atoms with E-state index in [1.807, 2.05) is 36.4 Å². The van der Waals surface area contributed by atoms with E-state index in [1.54, 1.807) is 12.4 Å². The average molecular weight is 287 g/mol. The minimum atomic E-state index is 0.225. The second-order valence-corrected chi connectivity index (χ2v) is 5.08. The van der Waals surface area contributed by atoms with E-state index in [0.717, 1.165) is 16.5 Å². The third kappa shape index (κ3) is 2.55. The predicted octanol–water partition coefficient (Wildman–Crippen LogP) is 4.33. The lowest BCUT2D eigenvalue weighted by Gasteiger charge is -2.13. The van der Waals surface area contributed by atoms with Crippen molar-refractivity contribution in [1.29, 1.82) is 0 Å². The number of pyridine rings is 1. The van der Waals surface area contributed by atoms with Crippen molar-refractivity contribution in [2.45, 2.75) is 19.5 Å². The molecule has 0 spiro atoms. The minimum absolute atomic E-state index is 0.225. The second-order valence-electron chi connectivity index (χ2n) is 4.73. The van der Waals surface area contributed by atoms with Crippen LogP contribution in [-0.2, 0) is 6.54 Å². The maximum atomic E-state index is 6.18. The number of benzene rings is 1. The Labute approximate surface area is 122 Å². The molecule has 3 rings (SSSR count). The molecule has 0 unspecified atom stereocenters. The molecule has 3 nitrogen and oxygen atoms in total. The van der Waals surface area contributed by atoms with Crippen LogP contribution >= 0.6 is 11.6 Å².